The third-order valence-corrected chi connectivity index (χ3v) is 2.80. The smallest absolute Gasteiger partial charge is 0.356 e. The van der Waals surface area contributed by atoms with Gasteiger partial charge in [0.25, 0.3) is 0 Å². The normalized spacial score (nSPS) is 10.2. The predicted octanol–water partition coefficient (Wildman–Crippen LogP) is 1.68. The SMILES string of the molecule is Cc1cc(C(N)=O)cc(C)c1Oc1cnc(C(=O)O)cn1. The molecule has 0 saturated carbocycles. The van der Waals surface area contributed by atoms with Gasteiger partial charge >= 0.3 is 5.97 Å². The first-order chi connectivity index (χ1) is 9.88. The van der Waals surface area contributed by atoms with Gasteiger partial charge in [0.1, 0.15) is 5.75 Å². The van der Waals surface area contributed by atoms with Gasteiger partial charge in [-0.1, -0.05) is 0 Å². The van der Waals surface area contributed by atoms with Crippen LogP contribution >= 0.6 is 0 Å². The Morgan fingerprint density at radius 1 is 1.14 bits per heavy atom. The molecule has 1 aromatic carbocycles. The highest BCUT2D eigenvalue weighted by Crippen LogP contribution is 2.28. The number of carboxylic acids is 1. The molecule has 0 saturated heterocycles. The summed E-state index contributed by atoms with van der Waals surface area (Å²) in [5.41, 5.74) is 6.90. The Morgan fingerprint density at radius 2 is 1.76 bits per heavy atom. The minimum absolute atomic E-state index is 0.165. The molecule has 0 atom stereocenters. The van der Waals surface area contributed by atoms with E-state index in [1.807, 2.05) is 0 Å². The number of ether oxygens (including phenoxy) is 1. The first-order valence-electron chi connectivity index (χ1n) is 6.02. The van der Waals surface area contributed by atoms with Crippen molar-refractivity contribution in [3.63, 3.8) is 0 Å². The van der Waals surface area contributed by atoms with Gasteiger partial charge in [0, 0.05) is 5.56 Å². The number of aromatic nitrogens is 2. The first kappa shape index (κ1) is 14.4. The lowest BCUT2D eigenvalue weighted by Gasteiger charge is -2.12. The topological polar surface area (TPSA) is 115 Å². The number of rotatable bonds is 4. The fourth-order valence-electron chi connectivity index (χ4n) is 1.84. The molecule has 0 aliphatic rings. The van der Waals surface area contributed by atoms with Gasteiger partial charge in [0.05, 0.1) is 12.4 Å². The van der Waals surface area contributed by atoms with Gasteiger partial charge in [-0.3, -0.25) is 4.79 Å². The summed E-state index contributed by atoms with van der Waals surface area (Å²) in [4.78, 5) is 29.5. The van der Waals surface area contributed by atoms with Crippen molar-refractivity contribution in [3.05, 3.63) is 46.9 Å². The summed E-state index contributed by atoms with van der Waals surface area (Å²) in [5.74, 6) is -0.985. The van der Waals surface area contributed by atoms with Crippen LogP contribution in [0.3, 0.4) is 0 Å². The zero-order chi connectivity index (χ0) is 15.6. The molecule has 2 rings (SSSR count). The van der Waals surface area contributed by atoms with E-state index in [4.69, 9.17) is 15.6 Å². The second kappa shape index (κ2) is 5.58. The number of carbonyl (C=O) groups is 2. The summed E-state index contributed by atoms with van der Waals surface area (Å²) in [5, 5.41) is 8.75. The van der Waals surface area contributed by atoms with Crippen LogP contribution in [0.1, 0.15) is 32.0 Å². The molecule has 1 aromatic heterocycles. The molecule has 3 N–H and O–H groups in total. The molecule has 0 fully saturated rings. The van der Waals surface area contributed by atoms with Crippen LogP contribution in [0.15, 0.2) is 24.5 Å². The second-order valence-corrected chi connectivity index (χ2v) is 4.45. The number of aromatic carboxylic acids is 1. The number of primary amides is 1. The minimum atomic E-state index is -1.16. The zero-order valence-corrected chi connectivity index (χ0v) is 11.5. The van der Waals surface area contributed by atoms with E-state index in [1.165, 1.54) is 6.20 Å². The fourth-order valence-corrected chi connectivity index (χ4v) is 1.84. The summed E-state index contributed by atoms with van der Waals surface area (Å²) < 4.78 is 5.59. The number of carboxylic acid groups (broad SMARTS) is 1. The third kappa shape index (κ3) is 3.14. The molecular formula is C14H13N3O4. The van der Waals surface area contributed by atoms with E-state index in [1.54, 1.807) is 26.0 Å². The lowest BCUT2D eigenvalue weighted by Crippen LogP contribution is -2.11. The zero-order valence-electron chi connectivity index (χ0n) is 11.5. The lowest BCUT2D eigenvalue weighted by molar-refractivity contribution is 0.0689. The quantitative estimate of drug-likeness (QED) is 0.883. The van der Waals surface area contributed by atoms with Gasteiger partial charge < -0.3 is 15.6 Å². The first-order valence-corrected chi connectivity index (χ1v) is 6.02. The summed E-state index contributed by atoms with van der Waals surface area (Å²) in [7, 11) is 0. The molecule has 7 nitrogen and oxygen atoms in total. The number of aryl methyl sites for hydroxylation is 2. The van der Waals surface area contributed by atoms with E-state index in [-0.39, 0.29) is 11.6 Å². The fraction of sp³-hybridized carbons (Fsp3) is 0.143. The molecule has 7 heteroatoms. The van der Waals surface area contributed by atoms with Crippen LogP contribution in [-0.2, 0) is 0 Å². The highest BCUT2D eigenvalue weighted by molar-refractivity contribution is 5.93. The Kier molecular flexibility index (Phi) is 3.84. The summed E-state index contributed by atoms with van der Waals surface area (Å²) in [6.45, 7) is 3.54. The maximum atomic E-state index is 11.2. The molecule has 0 aliphatic heterocycles. The molecule has 1 amide bonds. The van der Waals surface area contributed by atoms with Crippen molar-refractivity contribution in [1.29, 1.82) is 0 Å². The monoisotopic (exact) mass is 287 g/mol. The van der Waals surface area contributed by atoms with Gasteiger partial charge in [-0.15, -0.1) is 0 Å². The highest BCUT2D eigenvalue weighted by atomic mass is 16.5. The van der Waals surface area contributed by atoms with Crippen molar-refractivity contribution < 1.29 is 19.4 Å². The molecule has 2 aromatic rings. The number of hydrogen-bond acceptors (Lipinski definition) is 5. The second-order valence-electron chi connectivity index (χ2n) is 4.45. The van der Waals surface area contributed by atoms with Crippen LogP contribution in [0, 0.1) is 13.8 Å². The van der Waals surface area contributed by atoms with Crippen LogP contribution in [0.4, 0.5) is 0 Å². The van der Waals surface area contributed by atoms with E-state index < -0.39 is 11.9 Å². The van der Waals surface area contributed by atoms with Crippen LogP contribution in [-0.4, -0.2) is 27.0 Å². The van der Waals surface area contributed by atoms with Crippen LogP contribution in [0.2, 0.25) is 0 Å². The Hall–Kier alpha value is -2.96. The van der Waals surface area contributed by atoms with E-state index in [9.17, 15) is 9.59 Å². The summed E-state index contributed by atoms with van der Waals surface area (Å²) in [6.07, 6.45) is 2.34. The van der Waals surface area contributed by atoms with Gasteiger partial charge in [0.15, 0.2) is 5.69 Å². The molecule has 0 radical (unpaired) electrons. The van der Waals surface area contributed by atoms with Crippen molar-refractivity contribution in [3.8, 4) is 11.6 Å². The van der Waals surface area contributed by atoms with Crippen molar-refractivity contribution in [2.24, 2.45) is 5.73 Å². The highest BCUT2D eigenvalue weighted by Gasteiger charge is 2.12. The van der Waals surface area contributed by atoms with Gasteiger partial charge in [-0.2, -0.15) is 0 Å². The standard InChI is InChI=1S/C14H13N3O4/c1-7-3-9(13(15)18)4-8(2)12(7)21-11-6-16-10(5-17-11)14(19)20/h3-6H,1-2H3,(H2,15,18)(H,19,20). The molecule has 0 spiro atoms. The Labute approximate surface area is 120 Å². The molecular weight excluding hydrogens is 274 g/mol. The summed E-state index contributed by atoms with van der Waals surface area (Å²) >= 11 is 0. The van der Waals surface area contributed by atoms with Crippen molar-refractivity contribution in [1.82, 2.24) is 9.97 Å². The number of nitrogens with zero attached hydrogens (tertiary/aromatic N) is 2. The maximum Gasteiger partial charge on any atom is 0.356 e. The molecule has 0 aliphatic carbocycles. The van der Waals surface area contributed by atoms with Crippen molar-refractivity contribution in [2.45, 2.75) is 13.8 Å². The van der Waals surface area contributed by atoms with Crippen molar-refractivity contribution >= 4 is 11.9 Å². The molecule has 0 unspecified atom stereocenters. The van der Waals surface area contributed by atoms with E-state index >= 15 is 0 Å². The number of amides is 1. The van der Waals surface area contributed by atoms with Crippen molar-refractivity contribution in [2.75, 3.05) is 0 Å². The van der Waals surface area contributed by atoms with E-state index in [2.05, 4.69) is 9.97 Å². The van der Waals surface area contributed by atoms with E-state index in [0.29, 0.717) is 22.4 Å². The number of hydrogen-bond donors (Lipinski definition) is 2. The van der Waals surface area contributed by atoms with Gasteiger partial charge in [-0.05, 0) is 37.1 Å². The van der Waals surface area contributed by atoms with Gasteiger partial charge in [-0.25, -0.2) is 14.8 Å². The molecule has 21 heavy (non-hydrogen) atoms. The van der Waals surface area contributed by atoms with Crippen LogP contribution in [0.5, 0.6) is 11.6 Å². The largest absolute Gasteiger partial charge is 0.476 e. The Balaban J connectivity index is 2.31. The average Bonchev–Trinajstić information content (AvgIpc) is 2.43. The number of carbonyl (C=O) groups excluding carboxylic acids is 1. The predicted molar refractivity (Wildman–Crippen MR) is 73.5 cm³/mol. The lowest BCUT2D eigenvalue weighted by atomic mass is 10.1. The van der Waals surface area contributed by atoms with Crippen LogP contribution in [0.25, 0.3) is 0 Å². The Morgan fingerprint density at radius 3 is 2.19 bits per heavy atom. The molecule has 0 bridgehead atoms. The minimum Gasteiger partial charge on any atom is -0.476 e. The number of benzene rings is 1. The average molecular weight is 287 g/mol. The summed E-state index contributed by atoms with van der Waals surface area (Å²) in [6, 6.07) is 3.23. The van der Waals surface area contributed by atoms with E-state index in [0.717, 1.165) is 6.20 Å². The maximum absolute atomic E-state index is 11.2. The third-order valence-electron chi connectivity index (χ3n) is 2.80. The number of nitrogens with two attached hydrogens (primary N) is 1. The molecule has 1 heterocycles. The van der Waals surface area contributed by atoms with Crippen LogP contribution < -0.4 is 10.5 Å². The Bertz CT molecular complexity index is 688. The molecule has 108 valence electrons. The van der Waals surface area contributed by atoms with Gasteiger partial charge in [0.2, 0.25) is 11.8 Å².